The average molecular weight is 266 g/mol. The van der Waals surface area contributed by atoms with E-state index in [1.165, 1.54) is 5.56 Å². The lowest BCUT2D eigenvalue weighted by Gasteiger charge is -2.10. The van der Waals surface area contributed by atoms with E-state index in [9.17, 15) is 4.79 Å². The first kappa shape index (κ1) is 12.9. The van der Waals surface area contributed by atoms with Crippen LogP contribution in [0.3, 0.4) is 0 Å². The summed E-state index contributed by atoms with van der Waals surface area (Å²) in [5, 5.41) is 0. The van der Waals surface area contributed by atoms with Crippen LogP contribution >= 0.6 is 0 Å². The Morgan fingerprint density at radius 3 is 2.50 bits per heavy atom. The van der Waals surface area contributed by atoms with Crippen molar-refractivity contribution in [1.82, 2.24) is 0 Å². The quantitative estimate of drug-likeness (QED) is 0.837. The highest BCUT2D eigenvalue weighted by molar-refractivity contribution is 6.01. The fraction of sp³-hybridized carbons (Fsp3) is 0.278. The van der Waals surface area contributed by atoms with Crippen LogP contribution in [0.25, 0.3) is 0 Å². The van der Waals surface area contributed by atoms with Crippen LogP contribution in [-0.2, 0) is 19.4 Å². The molecule has 0 bridgehead atoms. The van der Waals surface area contributed by atoms with Gasteiger partial charge in [-0.15, -0.1) is 0 Å². The lowest BCUT2D eigenvalue weighted by atomic mass is 10.1. The molecule has 2 aromatic rings. The van der Waals surface area contributed by atoms with Gasteiger partial charge in [-0.25, -0.2) is 0 Å². The van der Waals surface area contributed by atoms with Crippen LogP contribution in [0.1, 0.15) is 40.4 Å². The van der Waals surface area contributed by atoms with Crippen LogP contribution < -0.4 is 4.74 Å². The van der Waals surface area contributed by atoms with Crippen molar-refractivity contribution in [3.63, 3.8) is 0 Å². The minimum Gasteiger partial charge on any atom is -0.489 e. The number of benzene rings is 2. The SMILES string of the molecule is CCc1ccc(COc2cccc3c2CCC3=O)cc1. The summed E-state index contributed by atoms with van der Waals surface area (Å²) in [5.41, 5.74) is 4.40. The van der Waals surface area contributed by atoms with Gasteiger partial charge in [-0.3, -0.25) is 4.79 Å². The number of fused-ring (bicyclic) bond motifs is 1. The summed E-state index contributed by atoms with van der Waals surface area (Å²) in [6.07, 6.45) is 2.47. The molecule has 0 heterocycles. The summed E-state index contributed by atoms with van der Waals surface area (Å²) in [6.45, 7) is 2.70. The highest BCUT2D eigenvalue weighted by atomic mass is 16.5. The summed E-state index contributed by atoms with van der Waals surface area (Å²) in [6, 6.07) is 14.2. The summed E-state index contributed by atoms with van der Waals surface area (Å²) in [7, 11) is 0. The number of carbonyl (C=O) groups is 1. The fourth-order valence-electron chi connectivity index (χ4n) is 2.63. The molecule has 2 heteroatoms. The normalized spacial score (nSPS) is 13.3. The van der Waals surface area contributed by atoms with E-state index in [1.807, 2.05) is 18.2 Å². The molecule has 0 aromatic heterocycles. The number of Topliss-reactive ketones (excluding diaryl/α,β-unsaturated/α-hetero) is 1. The van der Waals surface area contributed by atoms with E-state index >= 15 is 0 Å². The largest absolute Gasteiger partial charge is 0.489 e. The average Bonchev–Trinajstić information content (AvgIpc) is 2.88. The van der Waals surface area contributed by atoms with E-state index in [0.717, 1.165) is 35.3 Å². The molecule has 2 nitrogen and oxygen atoms in total. The van der Waals surface area contributed by atoms with Crippen molar-refractivity contribution in [3.8, 4) is 5.75 Å². The molecular formula is C18H18O2. The second kappa shape index (κ2) is 5.49. The first-order chi connectivity index (χ1) is 9.78. The maximum absolute atomic E-state index is 11.7. The first-order valence-electron chi connectivity index (χ1n) is 7.13. The third-order valence-corrected chi connectivity index (χ3v) is 3.86. The van der Waals surface area contributed by atoms with E-state index in [1.54, 1.807) is 0 Å². The molecular weight excluding hydrogens is 248 g/mol. The Kier molecular flexibility index (Phi) is 3.55. The predicted molar refractivity (Wildman–Crippen MR) is 79.2 cm³/mol. The molecule has 102 valence electrons. The second-order valence-electron chi connectivity index (χ2n) is 5.16. The van der Waals surface area contributed by atoms with Gasteiger partial charge >= 0.3 is 0 Å². The molecule has 1 aliphatic carbocycles. The molecule has 0 unspecified atom stereocenters. The molecule has 0 atom stereocenters. The first-order valence-corrected chi connectivity index (χ1v) is 7.13. The maximum atomic E-state index is 11.7. The van der Waals surface area contributed by atoms with Crippen LogP contribution in [0, 0.1) is 0 Å². The van der Waals surface area contributed by atoms with Crippen molar-refractivity contribution in [3.05, 3.63) is 64.7 Å². The predicted octanol–water partition coefficient (Wildman–Crippen LogP) is 3.96. The Hall–Kier alpha value is -2.09. The number of carbonyl (C=O) groups excluding carboxylic acids is 1. The highest BCUT2D eigenvalue weighted by Gasteiger charge is 2.22. The molecule has 0 amide bonds. The fourth-order valence-corrected chi connectivity index (χ4v) is 2.63. The summed E-state index contributed by atoms with van der Waals surface area (Å²) < 4.78 is 5.90. The van der Waals surface area contributed by atoms with Crippen molar-refractivity contribution in [1.29, 1.82) is 0 Å². The van der Waals surface area contributed by atoms with Gasteiger partial charge in [0, 0.05) is 17.5 Å². The summed E-state index contributed by atoms with van der Waals surface area (Å²) in [4.78, 5) is 11.7. The van der Waals surface area contributed by atoms with Crippen molar-refractivity contribution in [2.75, 3.05) is 0 Å². The number of rotatable bonds is 4. The number of ether oxygens (including phenoxy) is 1. The van der Waals surface area contributed by atoms with Crippen molar-refractivity contribution in [2.45, 2.75) is 32.8 Å². The smallest absolute Gasteiger partial charge is 0.163 e. The van der Waals surface area contributed by atoms with Gasteiger partial charge in [-0.2, -0.15) is 0 Å². The monoisotopic (exact) mass is 266 g/mol. The Morgan fingerprint density at radius 1 is 1.00 bits per heavy atom. The number of hydrogen-bond acceptors (Lipinski definition) is 2. The molecule has 0 saturated heterocycles. The van der Waals surface area contributed by atoms with Gasteiger partial charge in [0.1, 0.15) is 12.4 Å². The van der Waals surface area contributed by atoms with Gasteiger partial charge in [-0.05, 0) is 30.0 Å². The van der Waals surface area contributed by atoms with Gasteiger partial charge in [0.05, 0.1) is 0 Å². The number of hydrogen-bond donors (Lipinski definition) is 0. The maximum Gasteiger partial charge on any atom is 0.163 e. The van der Waals surface area contributed by atoms with Gasteiger partial charge in [0.2, 0.25) is 0 Å². The van der Waals surface area contributed by atoms with Crippen LogP contribution in [0.5, 0.6) is 5.75 Å². The Balaban J connectivity index is 1.74. The number of aryl methyl sites for hydroxylation is 1. The van der Waals surface area contributed by atoms with Gasteiger partial charge in [0.15, 0.2) is 5.78 Å². The van der Waals surface area contributed by atoms with E-state index in [-0.39, 0.29) is 5.78 Å². The van der Waals surface area contributed by atoms with Crippen molar-refractivity contribution >= 4 is 5.78 Å². The molecule has 3 rings (SSSR count). The van der Waals surface area contributed by atoms with Gasteiger partial charge in [-0.1, -0.05) is 43.3 Å². The minimum absolute atomic E-state index is 0.234. The van der Waals surface area contributed by atoms with Crippen molar-refractivity contribution < 1.29 is 9.53 Å². The van der Waals surface area contributed by atoms with Crippen LogP contribution in [-0.4, -0.2) is 5.78 Å². The Labute approximate surface area is 119 Å². The molecule has 1 aliphatic rings. The van der Waals surface area contributed by atoms with E-state index in [4.69, 9.17) is 4.74 Å². The molecule has 0 aliphatic heterocycles. The van der Waals surface area contributed by atoms with Gasteiger partial charge in [0.25, 0.3) is 0 Å². The zero-order valence-corrected chi connectivity index (χ0v) is 11.7. The molecule has 20 heavy (non-hydrogen) atoms. The topological polar surface area (TPSA) is 26.3 Å². The number of ketones is 1. The van der Waals surface area contributed by atoms with E-state index in [2.05, 4.69) is 31.2 Å². The third kappa shape index (κ3) is 2.46. The zero-order chi connectivity index (χ0) is 13.9. The molecule has 2 aromatic carbocycles. The third-order valence-electron chi connectivity index (χ3n) is 3.86. The lowest BCUT2D eigenvalue weighted by Crippen LogP contribution is -1.99. The molecule has 0 spiro atoms. The Morgan fingerprint density at radius 2 is 1.75 bits per heavy atom. The Bertz CT molecular complexity index is 626. The van der Waals surface area contributed by atoms with Crippen LogP contribution in [0.4, 0.5) is 0 Å². The molecule has 0 radical (unpaired) electrons. The van der Waals surface area contributed by atoms with Gasteiger partial charge < -0.3 is 4.74 Å². The van der Waals surface area contributed by atoms with E-state index < -0.39 is 0 Å². The molecule has 0 saturated carbocycles. The standard InChI is InChI=1S/C18H18O2/c1-2-13-6-8-14(9-7-13)12-20-18-5-3-4-15-16(18)10-11-17(15)19/h3-9H,2,10-12H2,1H3. The highest BCUT2D eigenvalue weighted by Crippen LogP contribution is 2.30. The summed E-state index contributed by atoms with van der Waals surface area (Å²) in [5.74, 6) is 1.09. The zero-order valence-electron chi connectivity index (χ0n) is 11.7. The lowest BCUT2D eigenvalue weighted by molar-refractivity contribution is 0.0994. The molecule has 0 N–H and O–H groups in total. The van der Waals surface area contributed by atoms with Crippen LogP contribution in [0.15, 0.2) is 42.5 Å². The minimum atomic E-state index is 0.234. The summed E-state index contributed by atoms with van der Waals surface area (Å²) >= 11 is 0. The van der Waals surface area contributed by atoms with Crippen LogP contribution in [0.2, 0.25) is 0 Å². The van der Waals surface area contributed by atoms with E-state index in [0.29, 0.717) is 13.0 Å². The second-order valence-corrected chi connectivity index (χ2v) is 5.16. The molecule has 0 fully saturated rings. The van der Waals surface area contributed by atoms with Crippen molar-refractivity contribution in [2.24, 2.45) is 0 Å².